The van der Waals surface area contributed by atoms with Gasteiger partial charge in [0.05, 0.1) is 0 Å². The molecule has 0 atom stereocenters. The van der Waals surface area contributed by atoms with Crippen LogP contribution in [0.25, 0.3) is 0 Å². The first-order chi connectivity index (χ1) is 14.3. The van der Waals surface area contributed by atoms with Crippen LogP contribution in [0.5, 0.6) is 0 Å². The molecule has 1 aliphatic rings. The standard InChI is InChI=1S/C24H29N5.HI/c1-25-23(28-19-24(13-14-24)21-10-6-3-7-11-21)27-15-12-22-26-16-17-29(22)18-20-8-4-2-5-9-20;/h2-11,16-17H,12-15,18-19H2,1H3,(H2,25,27,28);1H. The largest absolute Gasteiger partial charge is 0.356 e. The van der Waals surface area contributed by atoms with Crippen molar-refractivity contribution in [1.29, 1.82) is 0 Å². The Labute approximate surface area is 196 Å². The third-order valence-corrected chi connectivity index (χ3v) is 5.70. The quantitative estimate of drug-likeness (QED) is 0.271. The predicted octanol–water partition coefficient (Wildman–Crippen LogP) is 3.99. The molecule has 158 valence electrons. The summed E-state index contributed by atoms with van der Waals surface area (Å²) in [5, 5.41) is 6.95. The topological polar surface area (TPSA) is 54.2 Å². The van der Waals surface area contributed by atoms with Crippen LogP contribution in [0.4, 0.5) is 0 Å². The number of aromatic nitrogens is 2. The van der Waals surface area contributed by atoms with E-state index in [0.29, 0.717) is 0 Å². The van der Waals surface area contributed by atoms with Gasteiger partial charge in [-0.2, -0.15) is 0 Å². The summed E-state index contributed by atoms with van der Waals surface area (Å²) in [7, 11) is 1.83. The van der Waals surface area contributed by atoms with Crippen LogP contribution in [0, 0.1) is 0 Å². The molecule has 1 saturated carbocycles. The van der Waals surface area contributed by atoms with Gasteiger partial charge >= 0.3 is 0 Å². The molecule has 3 aromatic rings. The number of rotatable bonds is 8. The van der Waals surface area contributed by atoms with E-state index in [-0.39, 0.29) is 29.4 Å². The van der Waals surface area contributed by atoms with Crippen LogP contribution in [-0.4, -0.2) is 35.6 Å². The van der Waals surface area contributed by atoms with Crippen molar-refractivity contribution in [3.63, 3.8) is 0 Å². The first-order valence-electron chi connectivity index (χ1n) is 10.3. The van der Waals surface area contributed by atoms with Crippen LogP contribution in [-0.2, 0) is 18.4 Å². The Kier molecular flexibility index (Phi) is 7.90. The van der Waals surface area contributed by atoms with Crippen LogP contribution in [0.15, 0.2) is 78.0 Å². The van der Waals surface area contributed by atoms with Gasteiger partial charge in [-0.3, -0.25) is 4.99 Å². The van der Waals surface area contributed by atoms with Crippen molar-refractivity contribution in [2.75, 3.05) is 20.1 Å². The van der Waals surface area contributed by atoms with Crippen LogP contribution in [0.3, 0.4) is 0 Å². The average Bonchev–Trinajstić information content (AvgIpc) is 3.45. The highest BCUT2D eigenvalue weighted by Gasteiger charge is 2.43. The van der Waals surface area contributed by atoms with E-state index in [1.807, 2.05) is 25.5 Å². The maximum atomic E-state index is 4.53. The van der Waals surface area contributed by atoms with Crippen LogP contribution >= 0.6 is 24.0 Å². The molecule has 1 heterocycles. The van der Waals surface area contributed by atoms with Gasteiger partial charge in [-0.05, 0) is 24.0 Å². The molecule has 1 aliphatic carbocycles. The van der Waals surface area contributed by atoms with Gasteiger partial charge in [-0.25, -0.2) is 4.98 Å². The number of benzene rings is 2. The number of hydrogen-bond donors (Lipinski definition) is 2. The van der Waals surface area contributed by atoms with Crippen LogP contribution in [0.1, 0.15) is 29.8 Å². The Hall–Kier alpha value is -2.35. The average molecular weight is 515 g/mol. The van der Waals surface area contributed by atoms with Gasteiger partial charge in [-0.15, -0.1) is 24.0 Å². The molecule has 2 N–H and O–H groups in total. The number of nitrogens with one attached hydrogen (secondary N) is 2. The summed E-state index contributed by atoms with van der Waals surface area (Å²) in [4.78, 5) is 8.92. The molecule has 1 fully saturated rings. The van der Waals surface area contributed by atoms with E-state index in [9.17, 15) is 0 Å². The third kappa shape index (κ3) is 5.62. The number of nitrogens with zero attached hydrogens (tertiary/aromatic N) is 3. The fourth-order valence-electron chi connectivity index (χ4n) is 3.77. The third-order valence-electron chi connectivity index (χ3n) is 5.70. The van der Waals surface area contributed by atoms with Crippen molar-refractivity contribution in [2.24, 2.45) is 4.99 Å². The zero-order valence-corrected chi connectivity index (χ0v) is 19.8. The molecular formula is C24H30IN5. The fraction of sp³-hybridized carbons (Fsp3) is 0.333. The summed E-state index contributed by atoms with van der Waals surface area (Å²) in [6, 6.07) is 21.3. The first kappa shape index (κ1) is 22.3. The highest BCUT2D eigenvalue weighted by Crippen LogP contribution is 2.47. The van der Waals surface area contributed by atoms with E-state index >= 15 is 0 Å². The Balaban J connectivity index is 0.00000256. The Bertz CT molecular complexity index is 932. The summed E-state index contributed by atoms with van der Waals surface area (Å²) in [5.41, 5.74) is 2.98. The predicted molar refractivity (Wildman–Crippen MR) is 134 cm³/mol. The Morgan fingerprint density at radius 1 is 1.03 bits per heavy atom. The number of aliphatic imine (C=N–C) groups is 1. The minimum atomic E-state index is 0. The summed E-state index contributed by atoms with van der Waals surface area (Å²) in [6.07, 6.45) is 7.24. The summed E-state index contributed by atoms with van der Waals surface area (Å²) in [6.45, 7) is 2.56. The molecule has 0 radical (unpaired) electrons. The minimum absolute atomic E-state index is 0. The molecule has 5 nitrogen and oxygen atoms in total. The van der Waals surface area contributed by atoms with E-state index in [2.05, 4.69) is 79.8 Å². The van der Waals surface area contributed by atoms with Crippen LogP contribution < -0.4 is 10.6 Å². The summed E-state index contributed by atoms with van der Waals surface area (Å²) < 4.78 is 2.21. The lowest BCUT2D eigenvalue weighted by Crippen LogP contribution is -2.42. The molecule has 4 rings (SSSR count). The SMILES string of the molecule is CN=C(NCCc1nccn1Cc1ccccc1)NCC1(c2ccccc2)CC1.I. The molecule has 0 aliphatic heterocycles. The number of guanidine groups is 1. The van der Waals surface area contributed by atoms with Crippen molar-refractivity contribution in [2.45, 2.75) is 31.2 Å². The zero-order chi connectivity index (χ0) is 19.9. The summed E-state index contributed by atoms with van der Waals surface area (Å²) >= 11 is 0. The van der Waals surface area contributed by atoms with Crippen molar-refractivity contribution in [3.8, 4) is 0 Å². The lowest BCUT2D eigenvalue weighted by Gasteiger charge is -2.19. The number of hydrogen-bond acceptors (Lipinski definition) is 2. The van der Waals surface area contributed by atoms with E-state index in [1.54, 1.807) is 0 Å². The molecule has 0 amide bonds. The highest BCUT2D eigenvalue weighted by molar-refractivity contribution is 14.0. The van der Waals surface area contributed by atoms with Gasteiger partial charge in [0.25, 0.3) is 0 Å². The second-order valence-corrected chi connectivity index (χ2v) is 7.71. The molecule has 2 aromatic carbocycles. The molecular weight excluding hydrogens is 485 g/mol. The number of imidazole rings is 1. The van der Waals surface area contributed by atoms with E-state index in [0.717, 1.165) is 37.8 Å². The monoisotopic (exact) mass is 515 g/mol. The molecule has 6 heteroatoms. The van der Waals surface area contributed by atoms with Gasteiger partial charge in [0.1, 0.15) is 5.82 Å². The Morgan fingerprint density at radius 3 is 2.40 bits per heavy atom. The fourth-order valence-corrected chi connectivity index (χ4v) is 3.77. The molecule has 0 unspecified atom stereocenters. The smallest absolute Gasteiger partial charge is 0.191 e. The normalized spacial score (nSPS) is 14.6. The molecule has 1 aromatic heterocycles. The van der Waals surface area contributed by atoms with Gasteiger partial charge in [0.15, 0.2) is 5.96 Å². The molecule has 30 heavy (non-hydrogen) atoms. The maximum Gasteiger partial charge on any atom is 0.191 e. The Morgan fingerprint density at radius 2 is 1.73 bits per heavy atom. The van der Waals surface area contributed by atoms with Gasteiger partial charge in [0.2, 0.25) is 0 Å². The molecule has 0 bridgehead atoms. The van der Waals surface area contributed by atoms with Gasteiger partial charge in [-0.1, -0.05) is 60.7 Å². The second-order valence-electron chi connectivity index (χ2n) is 7.71. The van der Waals surface area contributed by atoms with Gasteiger partial charge in [0, 0.05) is 50.9 Å². The number of halogens is 1. The van der Waals surface area contributed by atoms with Gasteiger partial charge < -0.3 is 15.2 Å². The lowest BCUT2D eigenvalue weighted by molar-refractivity contribution is 0.640. The van der Waals surface area contributed by atoms with E-state index in [4.69, 9.17) is 0 Å². The van der Waals surface area contributed by atoms with Crippen LogP contribution in [0.2, 0.25) is 0 Å². The maximum absolute atomic E-state index is 4.53. The van der Waals surface area contributed by atoms with Crippen molar-refractivity contribution < 1.29 is 0 Å². The van der Waals surface area contributed by atoms with E-state index < -0.39 is 0 Å². The molecule has 0 saturated heterocycles. The van der Waals surface area contributed by atoms with Crippen molar-refractivity contribution >= 4 is 29.9 Å². The lowest BCUT2D eigenvalue weighted by atomic mass is 9.96. The molecule has 0 spiro atoms. The van der Waals surface area contributed by atoms with E-state index in [1.165, 1.54) is 24.0 Å². The van der Waals surface area contributed by atoms with Crippen molar-refractivity contribution in [1.82, 2.24) is 20.2 Å². The minimum Gasteiger partial charge on any atom is -0.356 e. The highest BCUT2D eigenvalue weighted by atomic mass is 127. The zero-order valence-electron chi connectivity index (χ0n) is 17.4. The van der Waals surface area contributed by atoms with Crippen molar-refractivity contribution in [3.05, 3.63) is 90.0 Å². The first-order valence-corrected chi connectivity index (χ1v) is 10.3. The second kappa shape index (κ2) is 10.6. The summed E-state index contributed by atoms with van der Waals surface area (Å²) in [5.74, 6) is 1.94.